The summed E-state index contributed by atoms with van der Waals surface area (Å²) >= 11 is 0. The Morgan fingerprint density at radius 2 is 1.62 bits per heavy atom. The van der Waals surface area contributed by atoms with Gasteiger partial charge in [-0.1, -0.05) is 69.4 Å². The number of carbonyl (C=O) groups is 1. The molecule has 2 aromatic carbocycles. The van der Waals surface area contributed by atoms with E-state index in [1.165, 1.54) is 37.5 Å². The highest BCUT2D eigenvalue weighted by Gasteiger charge is 2.05. The monoisotopic (exact) mass is 283 g/mol. The number of amides is 1. The van der Waals surface area contributed by atoms with Gasteiger partial charge in [0, 0.05) is 12.1 Å². The van der Waals surface area contributed by atoms with E-state index in [2.05, 4.69) is 18.3 Å². The summed E-state index contributed by atoms with van der Waals surface area (Å²) < 4.78 is 0. The number of carbonyl (C=O) groups excluding carboxylic acids is 1. The van der Waals surface area contributed by atoms with Crippen molar-refractivity contribution in [3.05, 3.63) is 48.0 Å². The van der Waals surface area contributed by atoms with Gasteiger partial charge in [-0.05, 0) is 29.3 Å². The molecule has 2 rings (SSSR count). The highest BCUT2D eigenvalue weighted by Crippen LogP contribution is 2.15. The van der Waals surface area contributed by atoms with E-state index in [0.717, 1.165) is 23.9 Å². The first kappa shape index (κ1) is 15.6. The van der Waals surface area contributed by atoms with Crippen LogP contribution in [0.4, 0.5) is 0 Å². The molecule has 0 aliphatic heterocycles. The molecule has 0 unspecified atom stereocenters. The fraction of sp³-hybridized carbons (Fsp3) is 0.421. The second-order valence-corrected chi connectivity index (χ2v) is 5.59. The molecule has 1 amide bonds. The predicted molar refractivity (Wildman–Crippen MR) is 89.7 cm³/mol. The molecule has 2 aromatic rings. The molecule has 2 heteroatoms. The molecule has 0 aliphatic carbocycles. The summed E-state index contributed by atoms with van der Waals surface area (Å²) in [6.07, 6.45) is 7.47. The van der Waals surface area contributed by atoms with Crippen LogP contribution in [0.15, 0.2) is 42.5 Å². The number of rotatable bonds is 8. The van der Waals surface area contributed by atoms with Gasteiger partial charge >= 0.3 is 0 Å². The van der Waals surface area contributed by atoms with Crippen molar-refractivity contribution in [2.45, 2.75) is 45.4 Å². The van der Waals surface area contributed by atoms with E-state index in [4.69, 9.17) is 0 Å². The van der Waals surface area contributed by atoms with Crippen molar-refractivity contribution in [2.24, 2.45) is 0 Å². The van der Waals surface area contributed by atoms with Crippen molar-refractivity contribution in [3.8, 4) is 0 Å². The maximum Gasteiger partial charge on any atom is 0.251 e. The Morgan fingerprint density at radius 3 is 2.43 bits per heavy atom. The van der Waals surface area contributed by atoms with E-state index in [0.29, 0.717) is 0 Å². The first-order valence-corrected chi connectivity index (χ1v) is 8.08. The van der Waals surface area contributed by atoms with Crippen LogP contribution in [-0.4, -0.2) is 12.5 Å². The van der Waals surface area contributed by atoms with Gasteiger partial charge in [0.1, 0.15) is 0 Å². The summed E-state index contributed by atoms with van der Waals surface area (Å²) in [5, 5.41) is 5.30. The SMILES string of the molecule is CCCCCCCCNC(=O)c1ccc2ccccc2c1. The number of unbranched alkanes of at least 4 members (excludes halogenated alkanes) is 5. The Balaban J connectivity index is 1.77. The number of hydrogen-bond acceptors (Lipinski definition) is 1. The molecule has 0 saturated carbocycles. The lowest BCUT2D eigenvalue weighted by molar-refractivity contribution is 0.0953. The van der Waals surface area contributed by atoms with Crippen LogP contribution >= 0.6 is 0 Å². The molecule has 2 nitrogen and oxygen atoms in total. The average Bonchev–Trinajstić information content (AvgIpc) is 2.53. The molecule has 21 heavy (non-hydrogen) atoms. The molecule has 112 valence electrons. The summed E-state index contributed by atoms with van der Waals surface area (Å²) in [6.45, 7) is 3.00. The van der Waals surface area contributed by atoms with Gasteiger partial charge in [-0.2, -0.15) is 0 Å². The molecule has 0 saturated heterocycles. The Labute approximate surface area is 127 Å². The van der Waals surface area contributed by atoms with Crippen molar-refractivity contribution in [3.63, 3.8) is 0 Å². The smallest absolute Gasteiger partial charge is 0.251 e. The lowest BCUT2D eigenvalue weighted by Crippen LogP contribution is -2.24. The Kier molecular flexibility index (Phi) is 6.26. The van der Waals surface area contributed by atoms with Crippen LogP contribution in [0.5, 0.6) is 0 Å². The summed E-state index contributed by atoms with van der Waals surface area (Å²) in [4.78, 5) is 12.1. The van der Waals surface area contributed by atoms with Gasteiger partial charge in [0.25, 0.3) is 5.91 Å². The van der Waals surface area contributed by atoms with Crippen LogP contribution in [-0.2, 0) is 0 Å². The third kappa shape index (κ3) is 4.89. The minimum absolute atomic E-state index is 0.0364. The number of fused-ring (bicyclic) bond motifs is 1. The zero-order valence-corrected chi connectivity index (χ0v) is 12.9. The minimum atomic E-state index is 0.0364. The summed E-state index contributed by atoms with van der Waals surface area (Å²) in [7, 11) is 0. The van der Waals surface area contributed by atoms with Crippen LogP contribution in [0.1, 0.15) is 55.8 Å². The molecule has 0 radical (unpaired) electrons. The van der Waals surface area contributed by atoms with Gasteiger partial charge < -0.3 is 5.32 Å². The lowest BCUT2D eigenvalue weighted by atomic mass is 10.1. The maximum atomic E-state index is 12.1. The normalized spacial score (nSPS) is 10.7. The highest BCUT2D eigenvalue weighted by molar-refractivity contribution is 5.98. The van der Waals surface area contributed by atoms with E-state index in [1.807, 2.05) is 36.4 Å². The first-order chi connectivity index (χ1) is 10.3. The molecule has 0 heterocycles. The fourth-order valence-electron chi connectivity index (χ4n) is 2.54. The van der Waals surface area contributed by atoms with E-state index < -0.39 is 0 Å². The van der Waals surface area contributed by atoms with Crippen LogP contribution in [0.3, 0.4) is 0 Å². The van der Waals surface area contributed by atoms with Gasteiger partial charge in [-0.3, -0.25) is 4.79 Å². The molecular weight excluding hydrogens is 258 g/mol. The number of hydrogen-bond donors (Lipinski definition) is 1. The number of nitrogens with one attached hydrogen (secondary N) is 1. The third-order valence-electron chi connectivity index (χ3n) is 3.83. The summed E-state index contributed by atoms with van der Waals surface area (Å²) in [6, 6.07) is 14.0. The van der Waals surface area contributed by atoms with E-state index >= 15 is 0 Å². The summed E-state index contributed by atoms with van der Waals surface area (Å²) in [5.74, 6) is 0.0364. The van der Waals surface area contributed by atoms with Crippen molar-refractivity contribution < 1.29 is 4.79 Å². The highest BCUT2D eigenvalue weighted by atomic mass is 16.1. The fourth-order valence-corrected chi connectivity index (χ4v) is 2.54. The molecular formula is C19H25NO. The molecule has 0 fully saturated rings. The van der Waals surface area contributed by atoms with Crippen LogP contribution in [0, 0.1) is 0 Å². The topological polar surface area (TPSA) is 29.1 Å². The quantitative estimate of drug-likeness (QED) is 0.684. The van der Waals surface area contributed by atoms with Crippen molar-refractivity contribution in [1.82, 2.24) is 5.32 Å². The second kappa shape index (κ2) is 8.46. The van der Waals surface area contributed by atoms with Crippen molar-refractivity contribution in [1.29, 1.82) is 0 Å². The summed E-state index contributed by atoms with van der Waals surface area (Å²) in [5.41, 5.74) is 0.750. The van der Waals surface area contributed by atoms with E-state index in [9.17, 15) is 4.79 Å². The molecule has 0 spiro atoms. The van der Waals surface area contributed by atoms with Gasteiger partial charge in [-0.25, -0.2) is 0 Å². The van der Waals surface area contributed by atoms with Gasteiger partial charge in [0.2, 0.25) is 0 Å². The zero-order valence-electron chi connectivity index (χ0n) is 12.9. The van der Waals surface area contributed by atoms with Crippen molar-refractivity contribution in [2.75, 3.05) is 6.54 Å². The third-order valence-corrected chi connectivity index (χ3v) is 3.83. The Morgan fingerprint density at radius 1 is 0.905 bits per heavy atom. The Hall–Kier alpha value is -1.83. The molecule has 0 atom stereocenters. The van der Waals surface area contributed by atoms with Crippen LogP contribution < -0.4 is 5.32 Å². The van der Waals surface area contributed by atoms with Crippen LogP contribution in [0.25, 0.3) is 10.8 Å². The minimum Gasteiger partial charge on any atom is -0.352 e. The standard InChI is InChI=1S/C19H25NO/c1-2-3-4-5-6-9-14-20-19(21)18-13-12-16-10-7-8-11-17(16)15-18/h7-8,10-13,15H,2-6,9,14H2,1H3,(H,20,21). The lowest BCUT2D eigenvalue weighted by Gasteiger charge is -2.06. The first-order valence-electron chi connectivity index (χ1n) is 8.08. The molecule has 1 N–H and O–H groups in total. The van der Waals surface area contributed by atoms with Gasteiger partial charge in [0.05, 0.1) is 0 Å². The predicted octanol–water partition coefficient (Wildman–Crippen LogP) is 4.93. The van der Waals surface area contributed by atoms with Crippen LogP contribution in [0.2, 0.25) is 0 Å². The largest absolute Gasteiger partial charge is 0.352 e. The number of benzene rings is 2. The van der Waals surface area contributed by atoms with Crippen molar-refractivity contribution >= 4 is 16.7 Å². The molecule has 0 aromatic heterocycles. The van der Waals surface area contributed by atoms with E-state index in [1.54, 1.807) is 0 Å². The Bertz CT molecular complexity index is 577. The average molecular weight is 283 g/mol. The van der Waals surface area contributed by atoms with Gasteiger partial charge in [0.15, 0.2) is 0 Å². The molecule has 0 bridgehead atoms. The second-order valence-electron chi connectivity index (χ2n) is 5.59. The van der Waals surface area contributed by atoms with Gasteiger partial charge in [-0.15, -0.1) is 0 Å². The zero-order chi connectivity index (χ0) is 14.9. The molecule has 0 aliphatic rings. The maximum absolute atomic E-state index is 12.1. The van der Waals surface area contributed by atoms with E-state index in [-0.39, 0.29) is 5.91 Å².